The van der Waals surface area contributed by atoms with Gasteiger partial charge in [0.2, 0.25) is 0 Å². The van der Waals surface area contributed by atoms with Crippen LogP contribution >= 0.6 is 0 Å². The Morgan fingerprint density at radius 3 is 2.21 bits per heavy atom. The van der Waals surface area contributed by atoms with Gasteiger partial charge < -0.3 is 14.7 Å². The largest absolute Gasteiger partial charge is 0.480 e. The number of anilines is 1. The number of nitrogens with zero attached hydrogens (tertiary/aromatic N) is 3. The maximum absolute atomic E-state index is 10.6. The molecule has 1 aliphatic rings. The summed E-state index contributed by atoms with van der Waals surface area (Å²) in [5.41, 5.74) is 3.89. The quantitative estimate of drug-likeness (QED) is 0.396. The van der Waals surface area contributed by atoms with Crippen LogP contribution in [0.3, 0.4) is 0 Å². The highest BCUT2D eigenvalue weighted by atomic mass is 16.5. The molecule has 172 valence electrons. The molecule has 1 fully saturated rings. The van der Waals surface area contributed by atoms with Crippen molar-refractivity contribution in [3.8, 4) is 22.5 Å². The standard InChI is InChI=1S/C27H31N3O3/c31-25(32)20-33-18-10-9-17-30(23-15-7-8-16-23)24-19-28-26(21-11-3-1-4-12-21)27(29-24)22-13-5-2-6-14-22/h1-6,11-14,19,23H,7-10,15-18,20H2,(H,31,32). The van der Waals surface area contributed by atoms with Crippen LogP contribution in [0.5, 0.6) is 0 Å². The van der Waals surface area contributed by atoms with E-state index in [1.807, 2.05) is 42.6 Å². The number of rotatable bonds is 11. The minimum Gasteiger partial charge on any atom is -0.480 e. The lowest BCUT2D eigenvalue weighted by Gasteiger charge is -2.30. The Balaban J connectivity index is 1.59. The van der Waals surface area contributed by atoms with Crippen LogP contribution < -0.4 is 4.90 Å². The summed E-state index contributed by atoms with van der Waals surface area (Å²) in [4.78, 5) is 23.1. The van der Waals surface area contributed by atoms with Gasteiger partial charge in [-0.05, 0) is 25.7 Å². The SMILES string of the molecule is O=C(O)COCCCCN(c1cnc(-c2ccccc2)c(-c2ccccc2)n1)C1CCCC1. The van der Waals surface area contributed by atoms with Gasteiger partial charge in [-0.1, -0.05) is 73.5 Å². The van der Waals surface area contributed by atoms with Gasteiger partial charge in [0.15, 0.2) is 0 Å². The van der Waals surface area contributed by atoms with E-state index in [4.69, 9.17) is 19.8 Å². The topological polar surface area (TPSA) is 75.6 Å². The summed E-state index contributed by atoms with van der Waals surface area (Å²) >= 11 is 0. The van der Waals surface area contributed by atoms with Gasteiger partial charge in [-0.3, -0.25) is 4.98 Å². The molecule has 3 aromatic rings. The predicted octanol–water partition coefficient (Wildman–Crippen LogP) is 5.44. The Labute approximate surface area is 195 Å². The monoisotopic (exact) mass is 445 g/mol. The molecule has 0 spiro atoms. The molecule has 0 unspecified atom stereocenters. The first-order valence-electron chi connectivity index (χ1n) is 11.8. The van der Waals surface area contributed by atoms with Crippen molar-refractivity contribution in [2.45, 2.75) is 44.6 Å². The fourth-order valence-electron chi connectivity index (χ4n) is 4.47. The van der Waals surface area contributed by atoms with Crippen LogP contribution in [0.25, 0.3) is 22.5 Å². The fourth-order valence-corrected chi connectivity index (χ4v) is 4.47. The van der Waals surface area contributed by atoms with Crippen LogP contribution in [0.15, 0.2) is 66.9 Å². The van der Waals surface area contributed by atoms with Gasteiger partial charge >= 0.3 is 5.97 Å². The normalized spacial score (nSPS) is 13.8. The molecule has 1 N–H and O–H groups in total. The van der Waals surface area contributed by atoms with Gasteiger partial charge in [0.1, 0.15) is 12.4 Å². The van der Waals surface area contributed by atoms with Gasteiger partial charge in [0, 0.05) is 30.3 Å². The Morgan fingerprint density at radius 2 is 1.58 bits per heavy atom. The van der Waals surface area contributed by atoms with Crippen LogP contribution in [0.2, 0.25) is 0 Å². The van der Waals surface area contributed by atoms with Crippen molar-refractivity contribution in [1.29, 1.82) is 0 Å². The molecule has 1 saturated carbocycles. The van der Waals surface area contributed by atoms with E-state index in [0.717, 1.165) is 60.6 Å². The molecule has 6 nitrogen and oxygen atoms in total. The van der Waals surface area contributed by atoms with Crippen LogP contribution in [0.4, 0.5) is 5.82 Å². The Kier molecular flexibility index (Phi) is 8.04. The lowest BCUT2D eigenvalue weighted by atomic mass is 10.0. The number of carboxylic acid groups (broad SMARTS) is 1. The minimum atomic E-state index is -0.926. The molecule has 2 aromatic carbocycles. The summed E-state index contributed by atoms with van der Waals surface area (Å²) in [6.45, 7) is 1.08. The lowest BCUT2D eigenvalue weighted by molar-refractivity contribution is -0.142. The predicted molar refractivity (Wildman–Crippen MR) is 130 cm³/mol. The molecule has 0 saturated heterocycles. The van der Waals surface area contributed by atoms with Gasteiger partial charge in [-0.15, -0.1) is 0 Å². The van der Waals surface area contributed by atoms with Crippen molar-refractivity contribution in [3.05, 3.63) is 66.9 Å². The molecule has 1 aliphatic carbocycles. The van der Waals surface area contributed by atoms with Gasteiger partial charge in [0.25, 0.3) is 0 Å². The van der Waals surface area contributed by atoms with Crippen molar-refractivity contribution in [3.63, 3.8) is 0 Å². The first-order chi connectivity index (χ1) is 16.2. The van der Waals surface area contributed by atoms with E-state index < -0.39 is 5.97 Å². The van der Waals surface area contributed by atoms with Gasteiger partial charge in [0.05, 0.1) is 17.6 Å². The molecule has 0 bridgehead atoms. The highest BCUT2D eigenvalue weighted by molar-refractivity contribution is 5.78. The van der Waals surface area contributed by atoms with E-state index in [9.17, 15) is 4.79 Å². The first kappa shape index (κ1) is 22.9. The second-order valence-corrected chi connectivity index (χ2v) is 8.44. The average molecular weight is 446 g/mol. The third kappa shape index (κ3) is 6.17. The number of aliphatic carboxylic acids is 1. The van der Waals surface area contributed by atoms with E-state index in [-0.39, 0.29) is 6.61 Å². The molecule has 6 heteroatoms. The number of hydrogen-bond donors (Lipinski definition) is 1. The number of unbranched alkanes of at least 4 members (excludes halogenated alkanes) is 1. The summed E-state index contributed by atoms with van der Waals surface area (Å²) in [5.74, 6) is -0.0170. The summed E-state index contributed by atoms with van der Waals surface area (Å²) in [5, 5.41) is 8.73. The zero-order valence-electron chi connectivity index (χ0n) is 18.9. The number of benzene rings is 2. The summed E-state index contributed by atoms with van der Waals surface area (Å²) in [6, 6.07) is 20.9. The van der Waals surface area contributed by atoms with Crippen LogP contribution in [-0.2, 0) is 9.53 Å². The average Bonchev–Trinajstić information content (AvgIpc) is 3.39. The van der Waals surface area contributed by atoms with Crippen molar-refractivity contribution in [2.75, 3.05) is 24.7 Å². The van der Waals surface area contributed by atoms with E-state index in [1.54, 1.807) is 0 Å². The third-order valence-electron chi connectivity index (χ3n) is 6.08. The lowest BCUT2D eigenvalue weighted by Crippen LogP contribution is -2.35. The van der Waals surface area contributed by atoms with Crippen molar-refractivity contribution < 1.29 is 14.6 Å². The summed E-state index contributed by atoms with van der Waals surface area (Å²) < 4.78 is 5.20. The molecular formula is C27H31N3O3. The first-order valence-corrected chi connectivity index (χ1v) is 11.8. The van der Waals surface area contributed by atoms with E-state index >= 15 is 0 Å². The maximum atomic E-state index is 10.6. The Hall–Kier alpha value is -3.25. The minimum absolute atomic E-state index is 0.237. The van der Waals surface area contributed by atoms with E-state index in [0.29, 0.717) is 12.6 Å². The van der Waals surface area contributed by atoms with Crippen molar-refractivity contribution >= 4 is 11.8 Å². The summed E-state index contributed by atoms with van der Waals surface area (Å²) in [6.07, 6.45) is 8.45. The number of ether oxygens (including phenoxy) is 1. The Bertz CT molecular complexity index is 1020. The number of carbonyl (C=O) groups is 1. The molecule has 1 aromatic heterocycles. The second kappa shape index (κ2) is 11.6. The molecule has 0 radical (unpaired) electrons. The number of carboxylic acids is 1. The highest BCUT2D eigenvalue weighted by Crippen LogP contribution is 2.33. The molecule has 0 amide bonds. The van der Waals surface area contributed by atoms with Gasteiger partial charge in [-0.2, -0.15) is 0 Å². The van der Waals surface area contributed by atoms with Gasteiger partial charge in [-0.25, -0.2) is 9.78 Å². The molecule has 4 rings (SSSR count). The maximum Gasteiger partial charge on any atom is 0.329 e. The third-order valence-corrected chi connectivity index (χ3v) is 6.08. The van der Waals surface area contributed by atoms with Crippen LogP contribution in [0, 0.1) is 0 Å². The second-order valence-electron chi connectivity index (χ2n) is 8.44. The summed E-state index contributed by atoms with van der Waals surface area (Å²) in [7, 11) is 0. The van der Waals surface area contributed by atoms with E-state index in [1.165, 1.54) is 12.8 Å². The zero-order valence-corrected chi connectivity index (χ0v) is 18.9. The van der Waals surface area contributed by atoms with Crippen molar-refractivity contribution in [1.82, 2.24) is 9.97 Å². The molecular weight excluding hydrogens is 414 g/mol. The number of aromatic nitrogens is 2. The zero-order chi connectivity index (χ0) is 22.9. The van der Waals surface area contributed by atoms with Crippen LogP contribution in [0.1, 0.15) is 38.5 Å². The molecule has 0 atom stereocenters. The smallest absolute Gasteiger partial charge is 0.329 e. The number of hydrogen-bond acceptors (Lipinski definition) is 5. The highest BCUT2D eigenvalue weighted by Gasteiger charge is 2.25. The Morgan fingerprint density at radius 1 is 0.939 bits per heavy atom. The van der Waals surface area contributed by atoms with E-state index in [2.05, 4.69) is 29.2 Å². The molecule has 33 heavy (non-hydrogen) atoms. The van der Waals surface area contributed by atoms with Crippen molar-refractivity contribution in [2.24, 2.45) is 0 Å². The molecule has 1 heterocycles. The fraction of sp³-hybridized carbons (Fsp3) is 0.370. The van der Waals surface area contributed by atoms with Crippen LogP contribution in [-0.4, -0.2) is 46.8 Å². The molecule has 0 aliphatic heterocycles.